The zero-order valence-electron chi connectivity index (χ0n) is 13.6. The Kier molecular flexibility index (Phi) is 4.74. The van der Waals surface area contributed by atoms with Crippen LogP contribution in [0.4, 0.5) is 0 Å². The fourth-order valence-corrected chi connectivity index (χ4v) is 2.80. The zero-order chi connectivity index (χ0) is 14.8. The maximum atomic E-state index is 6.08. The maximum absolute atomic E-state index is 6.08. The third-order valence-corrected chi connectivity index (χ3v) is 3.60. The molecule has 1 saturated carbocycles. The Labute approximate surface area is 123 Å². The monoisotopic (exact) mass is 275 g/mol. The van der Waals surface area contributed by atoms with E-state index in [1.54, 1.807) is 0 Å². The van der Waals surface area contributed by atoms with Gasteiger partial charge in [0.25, 0.3) is 0 Å². The summed E-state index contributed by atoms with van der Waals surface area (Å²) in [6, 6.07) is 9.79. The molecule has 0 atom stereocenters. The molecule has 1 fully saturated rings. The highest BCUT2D eigenvalue weighted by molar-refractivity contribution is 5.29. The minimum atomic E-state index is 0.321. The lowest BCUT2D eigenvalue weighted by molar-refractivity contribution is 0.0814. The number of hydrogen-bond acceptors (Lipinski definition) is 2. The molecule has 0 spiro atoms. The lowest BCUT2D eigenvalue weighted by Crippen LogP contribution is -2.49. The van der Waals surface area contributed by atoms with Crippen LogP contribution in [0.25, 0.3) is 0 Å². The number of ether oxygens (including phenoxy) is 1. The average Bonchev–Trinajstić information content (AvgIpc) is 2.23. The summed E-state index contributed by atoms with van der Waals surface area (Å²) in [5, 5.41) is 3.56. The van der Waals surface area contributed by atoms with Crippen LogP contribution in [0.15, 0.2) is 24.3 Å². The van der Waals surface area contributed by atoms with Crippen LogP contribution in [-0.2, 0) is 6.42 Å². The van der Waals surface area contributed by atoms with Crippen LogP contribution in [0.2, 0.25) is 0 Å². The summed E-state index contributed by atoms with van der Waals surface area (Å²) in [5.41, 5.74) is 1.69. The molecule has 0 unspecified atom stereocenters. The summed E-state index contributed by atoms with van der Waals surface area (Å²) in [5.74, 6) is 1.03. The largest absolute Gasteiger partial charge is 0.490 e. The minimum Gasteiger partial charge on any atom is -0.490 e. The molecule has 1 aromatic rings. The smallest absolute Gasteiger partial charge is 0.119 e. The van der Waals surface area contributed by atoms with Gasteiger partial charge >= 0.3 is 0 Å². The predicted molar refractivity (Wildman–Crippen MR) is 85.3 cm³/mol. The van der Waals surface area contributed by atoms with Crippen molar-refractivity contribution in [3.63, 3.8) is 0 Å². The zero-order valence-corrected chi connectivity index (χ0v) is 13.6. The second-order valence-electron chi connectivity index (χ2n) is 7.61. The van der Waals surface area contributed by atoms with Crippen molar-refractivity contribution >= 4 is 0 Å². The average molecular weight is 275 g/mol. The first-order chi connectivity index (χ1) is 9.32. The highest BCUT2D eigenvalue weighted by Gasteiger charge is 2.30. The van der Waals surface area contributed by atoms with Gasteiger partial charge in [0.15, 0.2) is 0 Å². The first-order valence-electron chi connectivity index (χ1n) is 7.83. The molecule has 112 valence electrons. The van der Waals surface area contributed by atoms with Crippen molar-refractivity contribution < 1.29 is 4.74 Å². The number of benzene rings is 1. The third kappa shape index (κ3) is 4.82. The van der Waals surface area contributed by atoms with Crippen molar-refractivity contribution in [2.45, 2.75) is 72.1 Å². The van der Waals surface area contributed by atoms with E-state index in [1.165, 1.54) is 5.56 Å². The lowest BCUT2D eigenvalue weighted by atomic mass is 9.87. The molecule has 0 amide bonds. The van der Waals surface area contributed by atoms with Gasteiger partial charge < -0.3 is 10.1 Å². The van der Waals surface area contributed by atoms with Gasteiger partial charge in [0, 0.05) is 12.1 Å². The van der Waals surface area contributed by atoms with Crippen molar-refractivity contribution in [2.24, 2.45) is 5.41 Å². The van der Waals surface area contributed by atoms with Crippen LogP contribution in [0.1, 0.15) is 53.0 Å². The summed E-state index contributed by atoms with van der Waals surface area (Å²) in [7, 11) is 0. The van der Waals surface area contributed by atoms with Gasteiger partial charge in [-0.2, -0.15) is 0 Å². The lowest BCUT2D eigenvalue weighted by Gasteiger charge is -2.37. The Bertz CT molecular complexity index is 427. The second-order valence-corrected chi connectivity index (χ2v) is 7.61. The first-order valence-corrected chi connectivity index (χ1v) is 7.83. The van der Waals surface area contributed by atoms with Crippen molar-refractivity contribution in [3.05, 3.63) is 29.8 Å². The van der Waals surface area contributed by atoms with E-state index in [1.807, 2.05) is 0 Å². The van der Waals surface area contributed by atoms with Gasteiger partial charge in [-0.15, -0.1) is 0 Å². The Morgan fingerprint density at radius 1 is 1.25 bits per heavy atom. The van der Waals surface area contributed by atoms with E-state index in [9.17, 15) is 0 Å². The molecule has 2 nitrogen and oxygen atoms in total. The number of rotatable bonds is 5. The van der Waals surface area contributed by atoms with Crippen molar-refractivity contribution in [3.8, 4) is 5.75 Å². The second kappa shape index (κ2) is 6.17. The van der Waals surface area contributed by atoms with Gasteiger partial charge in [0.05, 0.1) is 0 Å². The normalized spacial score (nSPS) is 22.7. The van der Waals surface area contributed by atoms with Gasteiger partial charge in [-0.05, 0) is 42.4 Å². The molecule has 0 saturated heterocycles. The molecule has 1 aliphatic rings. The number of nitrogens with one attached hydrogen (secondary N) is 1. The van der Waals surface area contributed by atoms with Crippen LogP contribution in [-0.4, -0.2) is 18.2 Å². The van der Waals surface area contributed by atoms with Gasteiger partial charge in [-0.25, -0.2) is 0 Å². The molecule has 2 rings (SSSR count). The summed E-state index contributed by atoms with van der Waals surface area (Å²) in [6.45, 7) is 11.2. The van der Waals surface area contributed by atoms with E-state index < -0.39 is 0 Å². The molecule has 0 aliphatic heterocycles. The summed E-state index contributed by atoms with van der Waals surface area (Å²) >= 11 is 0. The molecule has 1 aromatic carbocycles. The standard InChI is InChI=1S/C18H29NO/c1-13(2)19-15-10-17(11-15)20-16-8-6-7-14(9-16)12-18(3,4)5/h6-9,13,15,17,19H,10-12H2,1-5H3/t15-,17+. The van der Waals surface area contributed by atoms with E-state index in [-0.39, 0.29) is 0 Å². The molecular formula is C18H29NO. The third-order valence-electron chi connectivity index (χ3n) is 3.60. The van der Waals surface area contributed by atoms with Crippen LogP contribution in [0, 0.1) is 5.41 Å². The summed E-state index contributed by atoms with van der Waals surface area (Å²) in [6.07, 6.45) is 3.73. The Balaban J connectivity index is 1.84. The van der Waals surface area contributed by atoms with Crippen molar-refractivity contribution in [1.29, 1.82) is 0 Å². The van der Waals surface area contributed by atoms with E-state index in [4.69, 9.17) is 4.74 Å². The minimum absolute atomic E-state index is 0.321. The van der Waals surface area contributed by atoms with E-state index >= 15 is 0 Å². The van der Waals surface area contributed by atoms with E-state index in [0.717, 1.165) is 25.0 Å². The Morgan fingerprint density at radius 2 is 1.95 bits per heavy atom. The first kappa shape index (κ1) is 15.4. The summed E-state index contributed by atoms with van der Waals surface area (Å²) < 4.78 is 6.08. The molecule has 1 N–H and O–H groups in total. The molecule has 20 heavy (non-hydrogen) atoms. The van der Waals surface area contributed by atoms with Gasteiger partial charge in [-0.1, -0.05) is 46.8 Å². The summed E-state index contributed by atoms with van der Waals surface area (Å²) in [4.78, 5) is 0. The highest BCUT2D eigenvalue weighted by atomic mass is 16.5. The Morgan fingerprint density at radius 3 is 2.55 bits per heavy atom. The molecule has 0 aromatic heterocycles. The quantitative estimate of drug-likeness (QED) is 0.870. The van der Waals surface area contributed by atoms with Gasteiger partial charge in [-0.3, -0.25) is 0 Å². The van der Waals surface area contributed by atoms with Gasteiger partial charge in [0.2, 0.25) is 0 Å². The van der Waals surface area contributed by atoms with Gasteiger partial charge in [0.1, 0.15) is 11.9 Å². The molecule has 0 radical (unpaired) electrons. The van der Waals surface area contributed by atoms with Crippen LogP contribution < -0.4 is 10.1 Å². The van der Waals surface area contributed by atoms with Crippen molar-refractivity contribution in [2.75, 3.05) is 0 Å². The molecule has 1 aliphatic carbocycles. The molecular weight excluding hydrogens is 246 g/mol. The van der Waals surface area contributed by atoms with Crippen LogP contribution in [0.5, 0.6) is 5.75 Å². The van der Waals surface area contributed by atoms with Crippen LogP contribution in [0.3, 0.4) is 0 Å². The van der Waals surface area contributed by atoms with E-state index in [0.29, 0.717) is 23.6 Å². The fraction of sp³-hybridized carbons (Fsp3) is 0.667. The Hall–Kier alpha value is -1.02. The SMILES string of the molecule is CC(C)N[C@H]1C[C@@H](Oc2cccc(CC(C)(C)C)c2)C1. The molecule has 2 heteroatoms. The van der Waals surface area contributed by atoms with E-state index in [2.05, 4.69) is 64.2 Å². The maximum Gasteiger partial charge on any atom is 0.119 e. The molecule has 0 bridgehead atoms. The fourth-order valence-electron chi connectivity index (χ4n) is 2.80. The topological polar surface area (TPSA) is 21.3 Å². The number of hydrogen-bond donors (Lipinski definition) is 1. The van der Waals surface area contributed by atoms with Crippen LogP contribution >= 0.6 is 0 Å². The van der Waals surface area contributed by atoms with Crippen molar-refractivity contribution in [1.82, 2.24) is 5.32 Å². The predicted octanol–water partition coefficient (Wildman–Crippen LogP) is 4.18. The highest BCUT2D eigenvalue weighted by Crippen LogP contribution is 2.28. The molecule has 0 heterocycles.